The molecule has 0 aliphatic carbocycles. The minimum absolute atomic E-state index is 0.343. The van der Waals surface area contributed by atoms with Gasteiger partial charge in [-0.05, 0) is 11.6 Å². The van der Waals surface area contributed by atoms with Crippen molar-refractivity contribution in [2.24, 2.45) is 5.73 Å². The zero-order valence-corrected chi connectivity index (χ0v) is 9.14. The smallest absolute Gasteiger partial charge is 0.407 e. The van der Waals surface area contributed by atoms with Crippen molar-refractivity contribution in [3.63, 3.8) is 0 Å². The first-order valence-corrected chi connectivity index (χ1v) is 4.75. The van der Waals surface area contributed by atoms with Gasteiger partial charge in [0.05, 0.1) is 7.11 Å². The van der Waals surface area contributed by atoms with Crippen LogP contribution in [0.4, 0.5) is 4.79 Å². The summed E-state index contributed by atoms with van der Waals surface area (Å²) in [6.45, 7) is 0.392. The monoisotopic (exact) mass is 224 g/mol. The minimum atomic E-state index is -0.462. The van der Waals surface area contributed by atoms with Gasteiger partial charge in [-0.15, -0.1) is 0 Å². The second-order valence-corrected chi connectivity index (χ2v) is 3.35. The van der Waals surface area contributed by atoms with Crippen LogP contribution in [0.2, 0.25) is 0 Å². The highest BCUT2D eigenvalue weighted by molar-refractivity contribution is 7.80. The molecule has 0 spiro atoms. The Morgan fingerprint density at radius 3 is 2.93 bits per heavy atom. The van der Waals surface area contributed by atoms with Gasteiger partial charge in [0.1, 0.15) is 4.99 Å². The molecule has 80 valence electrons. The maximum Gasteiger partial charge on any atom is 0.407 e. The third-order valence-electron chi connectivity index (χ3n) is 1.83. The zero-order valence-electron chi connectivity index (χ0n) is 8.32. The molecule has 0 fully saturated rings. The number of amides is 1. The van der Waals surface area contributed by atoms with Crippen LogP contribution in [0.25, 0.3) is 0 Å². The fourth-order valence-corrected chi connectivity index (χ4v) is 1.21. The van der Waals surface area contributed by atoms with Crippen LogP contribution >= 0.6 is 12.2 Å². The Labute approximate surface area is 93.4 Å². The van der Waals surface area contributed by atoms with Gasteiger partial charge in [-0.1, -0.05) is 30.4 Å². The second kappa shape index (κ2) is 5.31. The summed E-state index contributed by atoms with van der Waals surface area (Å²) in [5.41, 5.74) is 7.19. The summed E-state index contributed by atoms with van der Waals surface area (Å²) >= 11 is 4.85. The number of benzene rings is 1. The number of hydrogen-bond acceptors (Lipinski definition) is 3. The number of carbonyl (C=O) groups excluding carboxylic acids is 1. The van der Waals surface area contributed by atoms with Gasteiger partial charge < -0.3 is 15.8 Å². The molecule has 5 heteroatoms. The maximum atomic E-state index is 10.8. The van der Waals surface area contributed by atoms with Crippen LogP contribution in [0.15, 0.2) is 24.3 Å². The van der Waals surface area contributed by atoms with Crippen molar-refractivity contribution in [3.05, 3.63) is 35.4 Å². The summed E-state index contributed by atoms with van der Waals surface area (Å²) < 4.78 is 4.45. The first kappa shape index (κ1) is 11.5. The lowest BCUT2D eigenvalue weighted by Crippen LogP contribution is -2.22. The molecule has 1 aromatic carbocycles. The summed E-state index contributed by atoms with van der Waals surface area (Å²) in [5, 5.41) is 2.57. The van der Waals surface area contributed by atoms with Crippen LogP contribution in [0, 0.1) is 0 Å². The molecule has 4 nitrogen and oxygen atoms in total. The molecule has 15 heavy (non-hydrogen) atoms. The van der Waals surface area contributed by atoms with Gasteiger partial charge in [0.2, 0.25) is 0 Å². The van der Waals surface area contributed by atoms with E-state index < -0.39 is 6.09 Å². The summed E-state index contributed by atoms with van der Waals surface area (Å²) in [7, 11) is 1.32. The normalized spacial score (nSPS) is 9.40. The second-order valence-electron chi connectivity index (χ2n) is 2.91. The topological polar surface area (TPSA) is 64.3 Å². The molecule has 3 N–H and O–H groups in total. The van der Waals surface area contributed by atoms with E-state index in [9.17, 15) is 4.79 Å². The van der Waals surface area contributed by atoms with Gasteiger partial charge in [-0.3, -0.25) is 0 Å². The maximum absolute atomic E-state index is 10.8. The third kappa shape index (κ3) is 3.55. The average Bonchev–Trinajstić information content (AvgIpc) is 2.26. The quantitative estimate of drug-likeness (QED) is 0.757. The molecule has 0 saturated heterocycles. The first-order valence-electron chi connectivity index (χ1n) is 4.34. The van der Waals surface area contributed by atoms with Gasteiger partial charge in [-0.2, -0.15) is 0 Å². The Hall–Kier alpha value is -1.62. The molecule has 1 rings (SSSR count). The molecular weight excluding hydrogens is 212 g/mol. The van der Waals surface area contributed by atoms with Gasteiger partial charge in [0.25, 0.3) is 0 Å². The predicted molar refractivity (Wildman–Crippen MR) is 61.6 cm³/mol. The number of nitrogens with one attached hydrogen (secondary N) is 1. The van der Waals surface area contributed by atoms with E-state index >= 15 is 0 Å². The highest BCUT2D eigenvalue weighted by atomic mass is 32.1. The number of alkyl carbamates (subject to hydrolysis) is 1. The Balaban J connectivity index is 2.66. The molecule has 0 radical (unpaired) electrons. The molecule has 0 atom stereocenters. The molecule has 0 aliphatic heterocycles. The number of nitrogens with two attached hydrogens (primary N) is 1. The van der Waals surface area contributed by atoms with Crippen LogP contribution < -0.4 is 11.1 Å². The summed E-state index contributed by atoms with van der Waals surface area (Å²) in [6, 6.07) is 7.36. The summed E-state index contributed by atoms with van der Waals surface area (Å²) in [5.74, 6) is 0. The van der Waals surface area contributed by atoms with Crippen molar-refractivity contribution in [3.8, 4) is 0 Å². The van der Waals surface area contributed by atoms with E-state index in [4.69, 9.17) is 18.0 Å². The van der Waals surface area contributed by atoms with Crippen molar-refractivity contribution >= 4 is 23.3 Å². The number of ether oxygens (including phenoxy) is 1. The molecular formula is C10H12N2O2S. The Kier molecular flexibility index (Phi) is 4.05. The lowest BCUT2D eigenvalue weighted by molar-refractivity contribution is 0.170. The van der Waals surface area contributed by atoms with Gasteiger partial charge >= 0.3 is 6.09 Å². The van der Waals surface area contributed by atoms with E-state index in [1.807, 2.05) is 24.3 Å². The molecule has 1 amide bonds. The van der Waals surface area contributed by atoms with Crippen LogP contribution in [0.3, 0.4) is 0 Å². The fraction of sp³-hybridized carbons (Fsp3) is 0.200. The number of thiocarbonyl (C=S) groups is 1. The number of carbonyl (C=O) groups is 1. The predicted octanol–water partition coefficient (Wildman–Crippen LogP) is 1.18. The third-order valence-corrected chi connectivity index (χ3v) is 2.07. The summed E-state index contributed by atoms with van der Waals surface area (Å²) in [4.78, 5) is 11.2. The van der Waals surface area contributed by atoms with E-state index in [0.717, 1.165) is 11.1 Å². The van der Waals surface area contributed by atoms with Crippen LogP contribution in [-0.4, -0.2) is 18.2 Å². The Morgan fingerprint density at radius 1 is 1.60 bits per heavy atom. The minimum Gasteiger partial charge on any atom is -0.453 e. The lowest BCUT2D eigenvalue weighted by atomic mass is 10.1. The molecule has 0 saturated carbocycles. The van der Waals surface area contributed by atoms with E-state index in [-0.39, 0.29) is 0 Å². The van der Waals surface area contributed by atoms with Crippen molar-refractivity contribution < 1.29 is 9.53 Å². The molecule has 1 aromatic rings. The number of hydrogen-bond donors (Lipinski definition) is 2. The van der Waals surface area contributed by atoms with Crippen LogP contribution in [0.1, 0.15) is 11.1 Å². The van der Waals surface area contributed by atoms with E-state index in [0.29, 0.717) is 11.5 Å². The highest BCUT2D eigenvalue weighted by Crippen LogP contribution is 2.04. The van der Waals surface area contributed by atoms with E-state index in [1.54, 1.807) is 0 Å². The highest BCUT2D eigenvalue weighted by Gasteiger charge is 2.01. The number of rotatable bonds is 3. The molecule has 0 heterocycles. The SMILES string of the molecule is COC(=O)NCc1cccc(C(N)=S)c1. The Morgan fingerprint density at radius 2 is 2.33 bits per heavy atom. The largest absolute Gasteiger partial charge is 0.453 e. The van der Waals surface area contributed by atoms with Crippen LogP contribution in [0.5, 0.6) is 0 Å². The molecule has 0 bridgehead atoms. The lowest BCUT2D eigenvalue weighted by Gasteiger charge is -2.05. The van der Waals surface area contributed by atoms with Crippen molar-refractivity contribution in [1.29, 1.82) is 0 Å². The molecule has 0 unspecified atom stereocenters. The molecule has 0 aromatic heterocycles. The van der Waals surface area contributed by atoms with E-state index in [1.165, 1.54) is 7.11 Å². The standard InChI is InChI=1S/C10H12N2O2S/c1-14-10(13)12-6-7-3-2-4-8(5-7)9(11)15/h2-5H,6H2,1H3,(H2,11,15)(H,12,13). The summed E-state index contributed by atoms with van der Waals surface area (Å²) in [6.07, 6.45) is -0.462. The van der Waals surface area contributed by atoms with Crippen LogP contribution in [-0.2, 0) is 11.3 Å². The van der Waals surface area contributed by atoms with Crippen molar-refractivity contribution in [2.45, 2.75) is 6.54 Å². The fourth-order valence-electron chi connectivity index (χ4n) is 1.08. The average molecular weight is 224 g/mol. The first-order chi connectivity index (χ1) is 7.13. The number of methoxy groups -OCH3 is 1. The van der Waals surface area contributed by atoms with Crippen molar-refractivity contribution in [1.82, 2.24) is 5.32 Å². The van der Waals surface area contributed by atoms with Gasteiger partial charge in [-0.25, -0.2) is 4.79 Å². The van der Waals surface area contributed by atoms with Gasteiger partial charge in [0.15, 0.2) is 0 Å². The molecule has 0 aliphatic rings. The van der Waals surface area contributed by atoms with E-state index in [2.05, 4.69) is 10.1 Å². The van der Waals surface area contributed by atoms with Gasteiger partial charge in [0, 0.05) is 12.1 Å². The van der Waals surface area contributed by atoms with Crippen molar-refractivity contribution in [2.75, 3.05) is 7.11 Å². The Bertz CT molecular complexity index is 379. The zero-order chi connectivity index (χ0) is 11.3.